The van der Waals surface area contributed by atoms with Crippen LogP contribution < -0.4 is 16.0 Å². The van der Waals surface area contributed by atoms with E-state index in [1.807, 2.05) is 0 Å². The number of aliphatic imine (C=N–C) groups is 1. The first kappa shape index (κ1) is 22.6. The number of halogens is 1. The number of nitrogens with one attached hydrogen (secondary N) is 3. The highest BCUT2D eigenvalue weighted by Crippen LogP contribution is 2.52. The van der Waals surface area contributed by atoms with E-state index < -0.39 is 0 Å². The number of ether oxygens (including phenoxy) is 1. The first-order valence-electron chi connectivity index (χ1n) is 9.30. The minimum Gasteiger partial charge on any atom is -0.383 e. The molecule has 0 radical (unpaired) electrons. The number of imide groups is 1. The van der Waals surface area contributed by atoms with E-state index in [1.165, 1.54) is 4.90 Å². The monoisotopic (exact) mass is 505 g/mol. The fraction of sp³-hybridized carbons (Fsp3) is 0.667. The molecule has 0 aromatic heterocycles. The van der Waals surface area contributed by atoms with Crippen molar-refractivity contribution in [2.24, 2.45) is 28.7 Å². The topological polar surface area (TPSA) is 112 Å². The molecule has 3 aliphatic rings. The Kier molecular flexibility index (Phi) is 8.23. The number of guanidine groups is 1. The van der Waals surface area contributed by atoms with Crippen LogP contribution in [0, 0.1) is 23.7 Å². The zero-order chi connectivity index (χ0) is 19.4. The first-order chi connectivity index (χ1) is 13.1. The zero-order valence-electron chi connectivity index (χ0n) is 16.1. The zero-order valence-corrected chi connectivity index (χ0v) is 18.5. The Morgan fingerprint density at radius 2 is 1.79 bits per heavy atom. The highest BCUT2D eigenvalue weighted by atomic mass is 127. The van der Waals surface area contributed by atoms with Crippen LogP contribution in [0.3, 0.4) is 0 Å². The van der Waals surface area contributed by atoms with Gasteiger partial charge in [-0.2, -0.15) is 0 Å². The van der Waals surface area contributed by atoms with Crippen LogP contribution in [0.2, 0.25) is 0 Å². The van der Waals surface area contributed by atoms with Gasteiger partial charge in [-0.25, -0.2) is 0 Å². The summed E-state index contributed by atoms with van der Waals surface area (Å²) in [6.45, 7) is 1.65. The van der Waals surface area contributed by atoms with Gasteiger partial charge in [-0.1, -0.05) is 12.2 Å². The molecule has 156 valence electrons. The molecule has 4 unspecified atom stereocenters. The second-order valence-electron chi connectivity index (χ2n) is 7.02. The molecule has 28 heavy (non-hydrogen) atoms. The van der Waals surface area contributed by atoms with Crippen molar-refractivity contribution in [3.63, 3.8) is 0 Å². The first-order valence-corrected chi connectivity index (χ1v) is 9.30. The number of carbonyl (C=O) groups excluding carboxylic acids is 3. The Hall–Kier alpha value is -1.69. The maximum atomic E-state index is 12.6. The van der Waals surface area contributed by atoms with Crippen molar-refractivity contribution in [3.8, 4) is 0 Å². The molecule has 0 aromatic carbocycles. The predicted molar refractivity (Wildman–Crippen MR) is 114 cm³/mol. The number of methoxy groups -OCH3 is 1. The van der Waals surface area contributed by atoms with Gasteiger partial charge in [0, 0.05) is 33.8 Å². The SMILES string of the molecule is CN=C(NCCN1C(=O)C2C3C=CC(C3)C2C1=O)NCC(=O)NCCOC.I. The van der Waals surface area contributed by atoms with Crippen molar-refractivity contribution >= 4 is 47.7 Å². The number of fused-ring (bicyclic) bond motifs is 5. The molecule has 3 N–H and O–H groups in total. The maximum Gasteiger partial charge on any atom is 0.239 e. The van der Waals surface area contributed by atoms with Gasteiger partial charge >= 0.3 is 0 Å². The van der Waals surface area contributed by atoms with Gasteiger partial charge in [0.1, 0.15) is 0 Å². The van der Waals surface area contributed by atoms with E-state index in [1.54, 1.807) is 14.2 Å². The van der Waals surface area contributed by atoms with Gasteiger partial charge in [-0.05, 0) is 18.3 Å². The van der Waals surface area contributed by atoms with E-state index in [0.717, 1.165) is 6.42 Å². The van der Waals surface area contributed by atoms with Crippen molar-refractivity contribution in [3.05, 3.63) is 12.2 Å². The van der Waals surface area contributed by atoms with Gasteiger partial charge in [0.25, 0.3) is 0 Å². The molecule has 2 aliphatic carbocycles. The number of hydrogen-bond acceptors (Lipinski definition) is 5. The molecule has 2 bridgehead atoms. The van der Waals surface area contributed by atoms with Crippen molar-refractivity contribution in [1.82, 2.24) is 20.9 Å². The number of rotatable bonds is 8. The van der Waals surface area contributed by atoms with E-state index in [2.05, 4.69) is 33.1 Å². The fourth-order valence-electron chi connectivity index (χ4n) is 4.21. The van der Waals surface area contributed by atoms with Gasteiger partial charge < -0.3 is 20.7 Å². The molecule has 0 aromatic rings. The summed E-state index contributed by atoms with van der Waals surface area (Å²) in [7, 11) is 3.17. The van der Waals surface area contributed by atoms with Crippen molar-refractivity contribution in [1.29, 1.82) is 0 Å². The molecule has 1 saturated heterocycles. The van der Waals surface area contributed by atoms with Gasteiger partial charge in [0.15, 0.2) is 5.96 Å². The summed E-state index contributed by atoms with van der Waals surface area (Å²) in [6, 6.07) is 0. The van der Waals surface area contributed by atoms with Gasteiger partial charge in [0.2, 0.25) is 17.7 Å². The Balaban J connectivity index is 0.00000280. The molecular weight excluding hydrogens is 477 g/mol. The molecule has 4 atom stereocenters. The average Bonchev–Trinajstić information content (AvgIpc) is 3.34. The largest absolute Gasteiger partial charge is 0.383 e. The Morgan fingerprint density at radius 3 is 2.36 bits per heavy atom. The Bertz CT molecular complexity index is 638. The van der Waals surface area contributed by atoms with Gasteiger partial charge in [0.05, 0.1) is 25.0 Å². The molecule has 10 heteroatoms. The van der Waals surface area contributed by atoms with E-state index in [-0.39, 0.29) is 71.9 Å². The number of carbonyl (C=O) groups is 3. The molecule has 3 rings (SSSR count). The highest BCUT2D eigenvalue weighted by Gasteiger charge is 2.58. The third kappa shape index (κ3) is 4.65. The van der Waals surface area contributed by atoms with Crippen molar-refractivity contribution in [2.75, 3.05) is 46.9 Å². The van der Waals surface area contributed by atoms with Crippen LogP contribution >= 0.6 is 24.0 Å². The maximum absolute atomic E-state index is 12.6. The van der Waals surface area contributed by atoms with Crippen LogP contribution in [0.25, 0.3) is 0 Å². The lowest BCUT2D eigenvalue weighted by Gasteiger charge is -2.18. The summed E-state index contributed by atoms with van der Waals surface area (Å²) in [6.07, 6.45) is 5.10. The van der Waals surface area contributed by atoms with Gasteiger partial charge in [-0.15, -0.1) is 24.0 Å². The standard InChI is InChI=1S/C18H27N5O4.HI/c1-19-18(22-10-13(24)20-6-8-27-2)21-5-7-23-16(25)14-11-3-4-12(9-11)15(14)17(23)26;/h3-4,11-12,14-15H,5-10H2,1-2H3,(H,20,24)(H2,19,21,22);1H. The predicted octanol–water partition coefficient (Wildman–Crippen LogP) is -0.661. The summed E-state index contributed by atoms with van der Waals surface area (Å²) in [5.74, 6) is 0.282. The molecule has 1 aliphatic heterocycles. The summed E-state index contributed by atoms with van der Waals surface area (Å²) in [5.41, 5.74) is 0. The smallest absolute Gasteiger partial charge is 0.239 e. The quantitative estimate of drug-likeness (QED) is 0.101. The van der Waals surface area contributed by atoms with E-state index in [0.29, 0.717) is 32.2 Å². The highest BCUT2D eigenvalue weighted by molar-refractivity contribution is 14.0. The lowest BCUT2D eigenvalue weighted by Crippen LogP contribution is -2.46. The molecule has 1 heterocycles. The number of hydrogen-bond donors (Lipinski definition) is 3. The Labute approximate surface area is 181 Å². The van der Waals surface area contributed by atoms with Crippen LogP contribution in [0.5, 0.6) is 0 Å². The number of allylic oxidation sites excluding steroid dienone is 2. The number of likely N-dealkylation sites (tertiary alicyclic amines) is 1. The summed E-state index contributed by atoms with van der Waals surface area (Å²) in [5, 5.41) is 8.63. The van der Waals surface area contributed by atoms with E-state index >= 15 is 0 Å². The molecule has 2 fully saturated rings. The summed E-state index contributed by atoms with van der Waals surface area (Å²) in [4.78, 5) is 42.3. The van der Waals surface area contributed by atoms with Crippen LogP contribution in [0.1, 0.15) is 6.42 Å². The minimum atomic E-state index is -0.171. The van der Waals surface area contributed by atoms with Crippen LogP contribution in [-0.2, 0) is 19.1 Å². The minimum absolute atomic E-state index is 0. The van der Waals surface area contributed by atoms with E-state index in [4.69, 9.17) is 4.74 Å². The summed E-state index contributed by atoms with van der Waals surface area (Å²) >= 11 is 0. The van der Waals surface area contributed by atoms with Crippen LogP contribution in [0.15, 0.2) is 17.1 Å². The van der Waals surface area contributed by atoms with Crippen LogP contribution in [0.4, 0.5) is 0 Å². The normalized spacial score (nSPS) is 27.6. The molecular formula is C18H28IN5O4. The third-order valence-electron chi connectivity index (χ3n) is 5.46. The number of amides is 3. The van der Waals surface area contributed by atoms with Crippen LogP contribution in [-0.4, -0.2) is 75.5 Å². The lowest BCUT2D eigenvalue weighted by atomic mass is 9.85. The second kappa shape index (κ2) is 10.2. The average molecular weight is 505 g/mol. The molecule has 1 saturated carbocycles. The summed E-state index contributed by atoms with van der Waals surface area (Å²) < 4.78 is 4.87. The lowest BCUT2D eigenvalue weighted by molar-refractivity contribution is -0.140. The second-order valence-corrected chi connectivity index (χ2v) is 7.02. The molecule has 0 spiro atoms. The molecule has 3 amide bonds. The van der Waals surface area contributed by atoms with Crippen molar-refractivity contribution in [2.45, 2.75) is 6.42 Å². The van der Waals surface area contributed by atoms with E-state index in [9.17, 15) is 14.4 Å². The van der Waals surface area contributed by atoms with Gasteiger partial charge in [-0.3, -0.25) is 24.3 Å². The van der Waals surface area contributed by atoms with Crippen molar-refractivity contribution < 1.29 is 19.1 Å². The third-order valence-corrected chi connectivity index (χ3v) is 5.46. The number of nitrogens with zero attached hydrogens (tertiary/aromatic N) is 2. The Morgan fingerprint density at radius 1 is 1.14 bits per heavy atom. The molecule has 9 nitrogen and oxygen atoms in total. The fourth-order valence-corrected chi connectivity index (χ4v) is 4.21.